The van der Waals surface area contributed by atoms with E-state index in [0.717, 1.165) is 33.2 Å². The van der Waals surface area contributed by atoms with Gasteiger partial charge in [0.05, 0.1) is 10.9 Å². The monoisotopic (exact) mass is 441 g/mol. The van der Waals surface area contributed by atoms with Gasteiger partial charge >= 0.3 is 0 Å². The van der Waals surface area contributed by atoms with Gasteiger partial charge in [-0.3, -0.25) is 0 Å². The van der Waals surface area contributed by atoms with E-state index in [9.17, 15) is 8.42 Å². The van der Waals surface area contributed by atoms with Crippen LogP contribution in [-0.2, 0) is 16.4 Å². The molecule has 2 aromatic heterocycles. The number of aromatic nitrogens is 2. The number of fused-ring (bicyclic) bond motifs is 4. The first-order valence-electron chi connectivity index (χ1n) is 10.8. The van der Waals surface area contributed by atoms with Gasteiger partial charge in [0.2, 0.25) is 10.0 Å². The summed E-state index contributed by atoms with van der Waals surface area (Å²) < 4.78 is 29.4. The minimum absolute atomic E-state index is 0.326. The van der Waals surface area contributed by atoms with Crippen LogP contribution in [0.1, 0.15) is 28.4 Å². The lowest BCUT2D eigenvalue weighted by Gasteiger charge is -2.35. The van der Waals surface area contributed by atoms with Crippen LogP contribution in [0.2, 0.25) is 0 Å². The van der Waals surface area contributed by atoms with Crippen LogP contribution in [0.3, 0.4) is 0 Å². The van der Waals surface area contributed by atoms with E-state index in [0.29, 0.717) is 17.9 Å². The zero-order valence-corrected chi connectivity index (χ0v) is 18.5. The second-order valence-electron chi connectivity index (χ2n) is 8.43. The Balaban J connectivity index is 1.60. The Bertz CT molecular complexity index is 1560. The molecule has 6 rings (SSSR count). The molecular weight excluding hydrogens is 418 g/mol. The van der Waals surface area contributed by atoms with Gasteiger partial charge in [-0.2, -0.15) is 4.31 Å². The molecule has 0 bridgehead atoms. The predicted molar refractivity (Wildman–Crippen MR) is 127 cm³/mol. The largest absolute Gasteiger partial charge is 0.361 e. The first kappa shape index (κ1) is 19.3. The summed E-state index contributed by atoms with van der Waals surface area (Å²) in [5, 5.41) is 2.20. The molecule has 1 aliphatic heterocycles. The molecule has 0 fully saturated rings. The molecule has 3 heterocycles. The van der Waals surface area contributed by atoms with E-state index >= 15 is 0 Å². The number of hydrogen-bond donors (Lipinski definition) is 2. The minimum atomic E-state index is -3.70. The summed E-state index contributed by atoms with van der Waals surface area (Å²) in [5.41, 5.74) is 6.19. The third-order valence-corrected chi connectivity index (χ3v) is 8.41. The van der Waals surface area contributed by atoms with Crippen LogP contribution in [0.4, 0.5) is 0 Å². The summed E-state index contributed by atoms with van der Waals surface area (Å²) >= 11 is 0. The van der Waals surface area contributed by atoms with Crippen LogP contribution in [0.15, 0.2) is 83.9 Å². The first-order valence-corrected chi connectivity index (χ1v) is 12.2. The molecule has 1 atom stereocenters. The number of aromatic amines is 2. The van der Waals surface area contributed by atoms with Crippen molar-refractivity contribution >= 4 is 31.8 Å². The van der Waals surface area contributed by atoms with E-state index in [2.05, 4.69) is 28.2 Å². The number of benzene rings is 3. The molecular formula is C26H23N3O2S. The van der Waals surface area contributed by atoms with Gasteiger partial charge in [0.15, 0.2) is 0 Å². The topological polar surface area (TPSA) is 69.0 Å². The summed E-state index contributed by atoms with van der Waals surface area (Å²) in [7, 11) is -3.70. The Morgan fingerprint density at radius 1 is 0.875 bits per heavy atom. The molecule has 160 valence electrons. The first-order chi connectivity index (χ1) is 15.5. The number of sulfonamides is 1. The molecule has 3 aromatic carbocycles. The smallest absolute Gasteiger partial charge is 0.244 e. The van der Waals surface area contributed by atoms with Crippen LogP contribution in [0.25, 0.3) is 21.8 Å². The molecule has 0 saturated heterocycles. The molecule has 0 amide bonds. The Morgan fingerprint density at radius 3 is 2.34 bits per heavy atom. The van der Waals surface area contributed by atoms with E-state index in [-0.39, 0.29) is 0 Å². The lowest BCUT2D eigenvalue weighted by Crippen LogP contribution is -2.40. The summed E-state index contributed by atoms with van der Waals surface area (Å²) in [6.45, 7) is 2.39. The second kappa shape index (κ2) is 7.08. The van der Waals surface area contributed by atoms with Gasteiger partial charge in [-0.1, -0.05) is 54.1 Å². The normalized spacial score (nSPS) is 17.1. The highest BCUT2D eigenvalue weighted by molar-refractivity contribution is 7.89. The fraction of sp³-hybridized carbons (Fsp3) is 0.154. The summed E-state index contributed by atoms with van der Waals surface area (Å²) in [4.78, 5) is 7.22. The Morgan fingerprint density at radius 2 is 1.56 bits per heavy atom. The minimum Gasteiger partial charge on any atom is -0.361 e. The fourth-order valence-electron chi connectivity index (χ4n) is 4.95. The van der Waals surface area contributed by atoms with Crippen LogP contribution in [0.5, 0.6) is 0 Å². The molecule has 0 saturated carbocycles. The van der Waals surface area contributed by atoms with Crippen molar-refractivity contribution in [2.45, 2.75) is 24.3 Å². The van der Waals surface area contributed by atoms with Crippen LogP contribution in [-0.4, -0.2) is 29.2 Å². The van der Waals surface area contributed by atoms with Gasteiger partial charge in [0.1, 0.15) is 0 Å². The molecule has 5 aromatic rings. The average molecular weight is 442 g/mol. The maximum atomic E-state index is 13.9. The zero-order valence-electron chi connectivity index (χ0n) is 17.7. The van der Waals surface area contributed by atoms with Crippen molar-refractivity contribution in [1.29, 1.82) is 0 Å². The predicted octanol–water partition coefficient (Wildman–Crippen LogP) is 5.29. The molecule has 2 N–H and O–H groups in total. The summed E-state index contributed by atoms with van der Waals surface area (Å²) in [6.07, 6.45) is 2.62. The third kappa shape index (κ3) is 2.83. The van der Waals surface area contributed by atoms with E-state index in [1.165, 1.54) is 10.9 Å². The Labute approximate surface area is 186 Å². The molecule has 1 aliphatic rings. The van der Waals surface area contributed by atoms with Gasteiger partial charge in [-0.05, 0) is 43.2 Å². The van der Waals surface area contributed by atoms with Crippen LogP contribution >= 0.6 is 0 Å². The number of para-hydroxylation sites is 2. The molecule has 1 unspecified atom stereocenters. The number of nitrogens with zero attached hydrogens (tertiary/aromatic N) is 1. The van der Waals surface area contributed by atoms with Crippen molar-refractivity contribution < 1.29 is 8.42 Å². The molecule has 5 nitrogen and oxygen atoms in total. The van der Waals surface area contributed by atoms with Crippen molar-refractivity contribution in [2.24, 2.45) is 0 Å². The van der Waals surface area contributed by atoms with E-state index in [1.807, 2.05) is 55.6 Å². The van der Waals surface area contributed by atoms with Gasteiger partial charge in [0, 0.05) is 45.8 Å². The van der Waals surface area contributed by atoms with Gasteiger partial charge in [0.25, 0.3) is 0 Å². The lowest BCUT2D eigenvalue weighted by atomic mass is 9.94. The number of hydrogen-bond acceptors (Lipinski definition) is 2. The number of nitrogens with one attached hydrogen (secondary N) is 2. The standard InChI is InChI=1S/C26H23N3O2S/c1-17-10-12-18(13-11-17)32(30,31)29-15-14-21-19-6-3-5-9-24(19)28-25(21)26(29)22-16-27-23-8-4-2-7-20(22)23/h2-13,16,26-28H,14-15H2,1H3. The fourth-order valence-corrected chi connectivity index (χ4v) is 6.53. The third-order valence-electron chi connectivity index (χ3n) is 6.53. The quantitative estimate of drug-likeness (QED) is 0.399. The molecule has 32 heavy (non-hydrogen) atoms. The Hall–Kier alpha value is -3.35. The van der Waals surface area contributed by atoms with Crippen molar-refractivity contribution in [3.63, 3.8) is 0 Å². The highest BCUT2D eigenvalue weighted by Crippen LogP contribution is 2.43. The van der Waals surface area contributed by atoms with E-state index in [1.54, 1.807) is 16.4 Å². The number of rotatable bonds is 3. The maximum absolute atomic E-state index is 13.9. The second-order valence-corrected chi connectivity index (χ2v) is 10.3. The number of aryl methyl sites for hydroxylation is 1. The lowest BCUT2D eigenvalue weighted by molar-refractivity contribution is 0.342. The van der Waals surface area contributed by atoms with Gasteiger partial charge in [-0.15, -0.1) is 0 Å². The molecule has 0 spiro atoms. The van der Waals surface area contributed by atoms with Crippen molar-refractivity contribution in [1.82, 2.24) is 14.3 Å². The van der Waals surface area contributed by atoms with E-state index in [4.69, 9.17) is 0 Å². The van der Waals surface area contributed by atoms with E-state index < -0.39 is 16.1 Å². The van der Waals surface area contributed by atoms with Crippen molar-refractivity contribution in [3.8, 4) is 0 Å². The molecule has 0 radical (unpaired) electrons. The molecule has 6 heteroatoms. The highest BCUT2D eigenvalue weighted by atomic mass is 32.2. The molecule has 0 aliphatic carbocycles. The highest BCUT2D eigenvalue weighted by Gasteiger charge is 2.40. The van der Waals surface area contributed by atoms with Gasteiger partial charge in [-0.25, -0.2) is 8.42 Å². The summed E-state index contributed by atoms with van der Waals surface area (Å²) in [6, 6.07) is 22.9. The van der Waals surface area contributed by atoms with Crippen LogP contribution < -0.4 is 0 Å². The van der Waals surface area contributed by atoms with Crippen molar-refractivity contribution in [3.05, 3.63) is 101 Å². The SMILES string of the molecule is Cc1ccc(S(=O)(=O)N2CCc3c([nH]c4ccccc34)C2c2c[nH]c3ccccc23)cc1. The maximum Gasteiger partial charge on any atom is 0.244 e. The Kier molecular flexibility index (Phi) is 4.28. The van der Waals surface area contributed by atoms with Gasteiger partial charge < -0.3 is 9.97 Å². The van der Waals surface area contributed by atoms with Crippen molar-refractivity contribution in [2.75, 3.05) is 6.54 Å². The number of H-pyrrole nitrogens is 2. The average Bonchev–Trinajstić information content (AvgIpc) is 3.40. The summed E-state index contributed by atoms with van der Waals surface area (Å²) in [5.74, 6) is 0. The van der Waals surface area contributed by atoms with Crippen LogP contribution in [0, 0.1) is 6.92 Å². The zero-order chi connectivity index (χ0) is 21.9.